The molecule has 0 spiro atoms. The first-order chi connectivity index (χ1) is 34.5. The van der Waals surface area contributed by atoms with Crippen LogP contribution in [0.5, 0.6) is 0 Å². The lowest BCUT2D eigenvalue weighted by Crippen LogP contribution is -2.14. The molecule has 1 heteroatoms. The van der Waals surface area contributed by atoms with Crippen LogP contribution in [-0.2, 0) is 5.41 Å². The molecule has 0 bridgehead atoms. The zero-order valence-corrected chi connectivity index (χ0v) is 39.4. The third kappa shape index (κ3) is 7.82. The van der Waals surface area contributed by atoms with Gasteiger partial charge in [-0.25, -0.2) is 0 Å². The second-order valence-electron chi connectivity index (χ2n) is 18.9. The minimum absolute atomic E-state index is 0.0888. The summed E-state index contributed by atoms with van der Waals surface area (Å²) in [5.41, 5.74) is 25.0. The molecule has 0 fully saturated rings. The summed E-state index contributed by atoms with van der Waals surface area (Å²) in [6.45, 7) is 4.71. The van der Waals surface area contributed by atoms with E-state index < -0.39 is 0 Å². The van der Waals surface area contributed by atoms with Crippen molar-refractivity contribution < 1.29 is 0 Å². The quantitative estimate of drug-likeness (QED) is 0.132. The molecule has 0 radical (unpaired) electrons. The van der Waals surface area contributed by atoms with E-state index in [0.29, 0.717) is 0 Å². The first-order valence-corrected chi connectivity index (χ1v) is 24.3. The molecule has 1 aliphatic rings. The van der Waals surface area contributed by atoms with E-state index >= 15 is 0 Å². The van der Waals surface area contributed by atoms with Gasteiger partial charge in [-0.05, 0) is 143 Å². The normalized spacial score (nSPS) is 12.3. The molecule has 0 unspecified atom stereocenters. The molecule has 0 N–H and O–H groups in total. The van der Waals surface area contributed by atoms with Crippen molar-refractivity contribution in [2.24, 2.45) is 0 Å². The average Bonchev–Trinajstić information content (AvgIpc) is 3.66. The molecule has 0 saturated heterocycles. The number of nitrogens with zero attached hydrogens (tertiary/aromatic N) is 1. The largest absolute Gasteiger partial charge is 0.310 e. The van der Waals surface area contributed by atoms with Gasteiger partial charge in [0.15, 0.2) is 0 Å². The zero-order chi connectivity index (χ0) is 47.0. The Bertz CT molecular complexity index is 3660. The molecule has 1 nitrogen and oxygen atoms in total. The van der Waals surface area contributed by atoms with E-state index in [2.05, 4.69) is 292 Å². The van der Waals surface area contributed by atoms with Crippen LogP contribution < -0.4 is 4.90 Å². The number of fused-ring (bicyclic) bond motifs is 3. The van der Waals surface area contributed by atoms with Gasteiger partial charge in [-0.1, -0.05) is 238 Å². The maximum Gasteiger partial charge on any atom is 0.0546 e. The van der Waals surface area contributed by atoms with Crippen LogP contribution in [0.25, 0.3) is 89.0 Å². The van der Waals surface area contributed by atoms with E-state index in [1.54, 1.807) is 0 Å². The highest BCUT2D eigenvalue weighted by molar-refractivity contribution is 5.99. The Hall–Kier alpha value is -8.78. The van der Waals surface area contributed by atoms with Crippen LogP contribution >= 0.6 is 0 Å². The zero-order valence-electron chi connectivity index (χ0n) is 39.4. The van der Waals surface area contributed by atoms with E-state index in [9.17, 15) is 0 Å². The smallest absolute Gasteiger partial charge is 0.0546 e. The van der Waals surface area contributed by atoms with Crippen molar-refractivity contribution >= 4 is 17.1 Å². The Labute approximate surface area is 412 Å². The number of benzene rings is 11. The average molecular weight is 894 g/mol. The Morgan fingerprint density at radius 1 is 0.243 bits per heavy atom. The Morgan fingerprint density at radius 2 is 0.671 bits per heavy atom. The summed E-state index contributed by atoms with van der Waals surface area (Å²) in [4.78, 5) is 2.48. The summed E-state index contributed by atoms with van der Waals surface area (Å²) < 4.78 is 0. The first-order valence-electron chi connectivity index (χ1n) is 24.3. The molecule has 70 heavy (non-hydrogen) atoms. The summed E-state index contributed by atoms with van der Waals surface area (Å²) in [6.07, 6.45) is 0. The van der Waals surface area contributed by atoms with Crippen LogP contribution in [0.4, 0.5) is 17.1 Å². The summed E-state index contributed by atoms with van der Waals surface area (Å²) in [6, 6.07) is 100. The molecule has 1 aliphatic carbocycles. The Morgan fingerprint density at radius 3 is 1.31 bits per heavy atom. The number of anilines is 3. The molecule has 332 valence electrons. The maximum atomic E-state index is 2.48. The SMILES string of the molecule is CC1(C)c2ccccc2-c2cc(-c3cccc(N(c4cccc(-c5ccccc5)c4)c4cccc(-c5ccc(-c6ccccc6)c(-c6ccccc6)c5)c4)c3-c3cccc(-c4ccccc4)c3)ccc21. The highest BCUT2D eigenvalue weighted by Gasteiger charge is 2.35. The fourth-order valence-corrected chi connectivity index (χ4v) is 10.8. The summed E-state index contributed by atoms with van der Waals surface area (Å²) in [5, 5.41) is 0. The predicted molar refractivity (Wildman–Crippen MR) is 297 cm³/mol. The molecule has 11 aromatic rings. The second-order valence-corrected chi connectivity index (χ2v) is 18.9. The molecule has 0 aliphatic heterocycles. The Balaban J connectivity index is 1.09. The Kier molecular flexibility index (Phi) is 11.0. The van der Waals surface area contributed by atoms with Gasteiger partial charge in [-0.2, -0.15) is 0 Å². The van der Waals surface area contributed by atoms with Gasteiger partial charge in [0.25, 0.3) is 0 Å². The number of rotatable bonds is 10. The van der Waals surface area contributed by atoms with Crippen molar-refractivity contribution in [2.75, 3.05) is 4.90 Å². The lowest BCUT2D eigenvalue weighted by atomic mass is 9.82. The molecule has 0 heterocycles. The molecule has 0 aromatic heterocycles. The van der Waals surface area contributed by atoms with E-state index in [-0.39, 0.29) is 5.41 Å². The third-order valence-corrected chi connectivity index (χ3v) is 14.3. The van der Waals surface area contributed by atoms with Gasteiger partial charge < -0.3 is 4.90 Å². The first kappa shape index (κ1) is 42.6. The molecular formula is C69H51N. The van der Waals surface area contributed by atoms with Crippen molar-refractivity contribution in [2.45, 2.75) is 19.3 Å². The van der Waals surface area contributed by atoms with E-state index in [1.165, 1.54) is 77.9 Å². The van der Waals surface area contributed by atoms with Crippen LogP contribution in [0.1, 0.15) is 25.0 Å². The molecule has 0 saturated carbocycles. The lowest BCUT2D eigenvalue weighted by molar-refractivity contribution is 0.660. The van der Waals surface area contributed by atoms with Crippen LogP contribution in [0, 0.1) is 0 Å². The van der Waals surface area contributed by atoms with Crippen LogP contribution in [0.15, 0.2) is 273 Å². The molecule has 0 amide bonds. The fraction of sp³-hybridized carbons (Fsp3) is 0.0435. The molecule has 11 aromatic carbocycles. The monoisotopic (exact) mass is 893 g/mol. The van der Waals surface area contributed by atoms with Crippen molar-refractivity contribution in [3.05, 3.63) is 284 Å². The third-order valence-electron chi connectivity index (χ3n) is 14.3. The van der Waals surface area contributed by atoms with Crippen LogP contribution in [0.2, 0.25) is 0 Å². The van der Waals surface area contributed by atoms with E-state index in [4.69, 9.17) is 0 Å². The standard InChI is InChI=1S/C69H51N/c1-69(2)65-37-16-15-35-62(65)64-47-56(40-42-66(64)69)61-36-20-38-67(68(61)57-32-17-29-52(43-57)48-21-7-3-8-22-48)70(58-33-18-30-53(44-58)49-23-9-4-10-24-49)59-34-19-31-54(45-59)55-39-41-60(50-25-11-5-12-26-50)63(46-55)51-27-13-6-14-28-51/h3-47H,1-2H3. The predicted octanol–water partition coefficient (Wildman–Crippen LogP) is 19.1. The highest BCUT2D eigenvalue weighted by atomic mass is 15.1. The van der Waals surface area contributed by atoms with Gasteiger partial charge in [0.05, 0.1) is 5.69 Å². The lowest BCUT2D eigenvalue weighted by Gasteiger charge is -2.30. The van der Waals surface area contributed by atoms with Crippen molar-refractivity contribution in [3.8, 4) is 89.0 Å². The highest BCUT2D eigenvalue weighted by Crippen LogP contribution is 2.52. The van der Waals surface area contributed by atoms with E-state index in [1.807, 2.05) is 0 Å². The minimum Gasteiger partial charge on any atom is -0.310 e. The second kappa shape index (κ2) is 18.0. The van der Waals surface area contributed by atoms with Crippen molar-refractivity contribution in [1.29, 1.82) is 0 Å². The van der Waals surface area contributed by atoms with Gasteiger partial charge >= 0.3 is 0 Å². The topological polar surface area (TPSA) is 3.24 Å². The van der Waals surface area contributed by atoms with Crippen molar-refractivity contribution in [1.82, 2.24) is 0 Å². The van der Waals surface area contributed by atoms with Gasteiger partial charge in [0.1, 0.15) is 0 Å². The minimum atomic E-state index is -0.0888. The molecule has 0 atom stereocenters. The number of hydrogen-bond donors (Lipinski definition) is 0. The van der Waals surface area contributed by atoms with Gasteiger partial charge in [0, 0.05) is 22.4 Å². The van der Waals surface area contributed by atoms with Gasteiger partial charge in [0.2, 0.25) is 0 Å². The summed E-state index contributed by atoms with van der Waals surface area (Å²) >= 11 is 0. The molecular weight excluding hydrogens is 843 g/mol. The molecule has 12 rings (SSSR count). The summed E-state index contributed by atoms with van der Waals surface area (Å²) in [5.74, 6) is 0. The summed E-state index contributed by atoms with van der Waals surface area (Å²) in [7, 11) is 0. The van der Waals surface area contributed by atoms with E-state index in [0.717, 1.165) is 39.3 Å². The van der Waals surface area contributed by atoms with Crippen LogP contribution in [-0.4, -0.2) is 0 Å². The number of hydrogen-bond acceptors (Lipinski definition) is 1. The van der Waals surface area contributed by atoms with Crippen molar-refractivity contribution in [3.63, 3.8) is 0 Å². The fourth-order valence-electron chi connectivity index (χ4n) is 10.8. The maximum absolute atomic E-state index is 2.48. The van der Waals surface area contributed by atoms with Gasteiger partial charge in [-0.3, -0.25) is 0 Å². The van der Waals surface area contributed by atoms with Crippen LogP contribution in [0.3, 0.4) is 0 Å². The van der Waals surface area contributed by atoms with Gasteiger partial charge in [-0.15, -0.1) is 0 Å².